The van der Waals surface area contributed by atoms with E-state index in [9.17, 15) is 9.59 Å². The molecule has 3 N–H and O–H groups in total. The van der Waals surface area contributed by atoms with Gasteiger partial charge in [-0.2, -0.15) is 0 Å². The number of carbonyl (C=O) groups is 2. The Kier molecular flexibility index (Phi) is 6.86. The highest BCUT2D eigenvalue weighted by atomic mass is 35.5. The molecule has 3 heterocycles. The van der Waals surface area contributed by atoms with Crippen molar-refractivity contribution in [3.8, 4) is 5.75 Å². The lowest BCUT2D eigenvalue weighted by Crippen LogP contribution is -2.55. The number of pyridine rings is 1. The monoisotopic (exact) mass is 510 g/mol. The number of halogens is 1. The van der Waals surface area contributed by atoms with Crippen LogP contribution in [0.5, 0.6) is 5.75 Å². The maximum Gasteiger partial charge on any atom is 0.263 e. The topological polar surface area (TPSA) is 97.5 Å². The second-order valence-corrected chi connectivity index (χ2v) is 11.4. The average molecular weight is 511 g/mol. The van der Waals surface area contributed by atoms with Crippen molar-refractivity contribution in [1.82, 2.24) is 10.3 Å². The zero-order valence-electron chi connectivity index (χ0n) is 21.0. The van der Waals surface area contributed by atoms with E-state index in [1.165, 1.54) is 12.8 Å². The molecule has 1 aromatic carbocycles. The fraction of sp³-hybridized carbons (Fsp3) is 0.536. The first kappa shape index (κ1) is 24.9. The lowest BCUT2D eigenvalue weighted by atomic mass is 9.95. The summed E-state index contributed by atoms with van der Waals surface area (Å²) in [6.07, 6.45) is 10.1. The summed E-state index contributed by atoms with van der Waals surface area (Å²) in [5.74, 6) is 1.48. The molecule has 7 nitrogen and oxygen atoms in total. The highest BCUT2D eigenvalue weighted by Gasteiger charge is 2.43. The summed E-state index contributed by atoms with van der Waals surface area (Å²) in [6, 6.07) is 10.0. The van der Waals surface area contributed by atoms with E-state index in [2.05, 4.69) is 15.2 Å². The molecule has 2 saturated heterocycles. The Morgan fingerprint density at radius 3 is 2.39 bits per heavy atom. The van der Waals surface area contributed by atoms with Crippen LogP contribution in [0.25, 0.3) is 0 Å². The molecule has 36 heavy (non-hydrogen) atoms. The first-order chi connectivity index (χ1) is 17.2. The molecule has 3 atom stereocenters. The number of ether oxygens (including phenoxy) is 1. The van der Waals surface area contributed by atoms with Gasteiger partial charge in [0.25, 0.3) is 5.91 Å². The van der Waals surface area contributed by atoms with Crippen LogP contribution < -0.4 is 20.7 Å². The second kappa shape index (κ2) is 9.92. The second-order valence-electron chi connectivity index (χ2n) is 11.0. The van der Waals surface area contributed by atoms with Crippen LogP contribution in [-0.2, 0) is 4.79 Å². The van der Waals surface area contributed by atoms with Gasteiger partial charge in [-0.05, 0) is 94.2 Å². The first-order valence-electron chi connectivity index (χ1n) is 13.0. The van der Waals surface area contributed by atoms with Crippen molar-refractivity contribution in [1.29, 1.82) is 0 Å². The normalized spacial score (nSPS) is 24.1. The van der Waals surface area contributed by atoms with Gasteiger partial charge in [0.15, 0.2) is 5.60 Å². The van der Waals surface area contributed by atoms with E-state index in [0.717, 1.165) is 55.7 Å². The highest BCUT2D eigenvalue weighted by Crippen LogP contribution is 2.41. The average Bonchev–Trinajstić information content (AvgIpc) is 3.47. The number of amides is 2. The predicted molar refractivity (Wildman–Crippen MR) is 141 cm³/mol. The number of fused-ring (bicyclic) bond motifs is 2. The number of carbonyl (C=O) groups excluding carboxylic acids is 2. The number of nitrogens with zero attached hydrogens (tertiary/aromatic N) is 2. The summed E-state index contributed by atoms with van der Waals surface area (Å²) < 4.78 is 6.37. The standard InChI is InChI=1S/C28H35ClN4O3/c1-28(2,36-24-11-8-19(29)13-23(24)17-5-3-4-6-17)27(35)32-20-14-21-9-10-22(15-20)33(21)25-12-7-18(16-31-25)26(30)34/h7-8,11-13,16-17,20-22H,3-6,9-10,14-15H2,1-2H3,(H2,30,34)(H,32,35)/t20?,21-,22+. The third-order valence-electron chi connectivity index (χ3n) is 8.04. The van der Waals surface area contributed by atoms with Crippen molar-refractivity contribution >= 4 is 29.2 Å². The fourth-order valence-electron chi connectivity index (χ4n) is 6.20. The van der Waals surface area contributed by atoms with Crippen LogP contribution in [0.2, 0.25) is 5.02 Å². The van der Waals surface area contributed by atoms with Gasteiger partial charge in [-0.15, -0.1) is 0 Å². The van der Waals surface area contributed by atoms with Crippen molar-refractivity contribution in [3.05, 3.63) is 52.7 Å². The molecule has 8 heteroatoms. The molecule has 3 fully saturated rings. The molecular weight excluding hydrogens is 476 g/mol. The fourth-order valence-corrected chi connectivity index (χ4v) is 6.38. The molecular formula is C28H35ClN4O3. The summed E-state index contributed by atoms with van der Waals surface area (Å²) in [7, 11) is 0. The quantitative estimate of drug-likeness (QED) is 0.548. The number of anilines is 1. The smallest absolute Gasteiger partial charge is 0.263 e. The zero-order chi connectivity index (χ0) is 25.4. The van der Waals surface area contributed by atoms with Crippen molar-refractivity contribution in [2.24, 2.45) is 5.73 Å². The van der Waals surface area contributed by atoms with Gasteiger partial charge in [-0.3, -0.25) is 9.59 Å². The number of nitrogens with one attached hydrogen (secondary N) is 1. The van der Waals surface area contributed by atoms with E-state index in [4.69, 9.17) is 22.1 Å². The van der Waals surface area contributed by atoms with Crippen molar-refractivity contribution in [3.63, 3.8) is 0 Å². The van der Waals surface area contributed by atoms with E-state index in [0.29, 0.717) is 28.6 Å². The minimum atomic E-state index is -1.01. The first-order valence-corrected chi connectivity index (χ1v) is 13.4. The Bertz CT molecular complexity index is 1120. The Labute approximate surface area is 217 Å². The highest BCUT2D eigenvalue weighted by molar-refractivity contribution is 6.30. The molecule has 192 valence electrons. The van der Waals surface area contributed by atoms with Gasteiger partial charge >= 0.3 is 0 Å². The van der Waals surface area contributed by atoms with Gasteiger partial charge in [0.05, 0.1) is 5.56 Å². The molecule has 1 saturated carbocycles. The van der Waals surface area contributed by atoms with Crippen molar-refractivity contribution in [2.75, 3.05) is 4.90 Å². The summed E-state index contributed by atoms with van der Waals surface area (Å²) in [5.41, 5.74) is 5.87. The van der Waals surface area contributed by atoms with Crippen LogP contribution in [0.1, 0.15) is 87.1 Å². The maximum absolute atomic E-state index is 13.4. The largest absolute Gasteiger partial charge is 0.478 e. The van der Waals surface area contributed by atoms with Gasteiger partial charge in [-0.25, -0.2) is 4.98 Å². The molecule has 0 radical (unpaired) electrons. The number of primary amides is 1. The Hall–Kier alpha value is -2.80. The van der Waals surface area contributed by atoms with E-state index in [-0.39, 0.29) is 11.9 Å². The lowest BCUT2D eigenvalue weighted by molar-refractivity contribution is -0.135. The van der Waals surface area contributed by atoms with Crippen molar-refractivity contribution in [2.45, 2.75) is 94.9 Å². The van der Waals surface area contributed by atoms with Crippen LogP contribution in [0.3, 0.4) is 0 Å². The van der Waals surface area contributed by atoms with E-state index in [1.54, 1.807) is 12.3 Å². The summed E-state index contributed by atoms with van der Waals surface area (Å²) in [5, 5.41) is 3.98. The van der Waals surface area contributed by atoms with E-state index >= 15 is 0 Å². The zero-order valence-corrected chi connectivity index (χ0v) is 21.8. The van der Waals surface area contributed by atoms with E-state index in [1.807, 2.05) is 38.1 Å². The summed E-state index contributed by atoms with van der Waals surface area (Å²) in [4.78, 5) is 31.6. The number of nitrogens with two attached hydrogens (primary N) is 1. The molecule has 3 aliphatic rings. The van der Waals surface area contributed by atoms with Gasteiger partial charge in [-0.1, -0.05) is 24.4 Å². The molecule has 2 aliphatic heterocycles. The Morgan fingerprint density at radius 1 is 1.08 bits per heavy atom. The van der Waals surface area contributed by atoms with Gasteiger partial charge in [0, 0.05) is 29.3 Å². The summed E-state index contributed by atoms with van der Waals surface area (Å²) >= 11 is 6.30. The Balaban J connectivity index is 1.24. The maximum atomic E-state index is 13.4. The van der Waals surface area contributed by atoms with Crippen LogP contribution >= 0.6 is 11.6 Å². The molecule has 5 rings (SSSR count). The number of hydrogen-bond acceptors (Lipinski definition) is 5. The third-order valence-corrected chi connectivity index (χ3v) is 8.28. The molecule has 2 bridgehead atoms. The molecule has 2 amide bonds. The van der Waals surface area contributed by atoms with Crippen LogP contribution in [0, 0.1) is 0 Å². The van der Waals surface area contributed by atoms with Crippen LogP contribution in [-0.4, -0.2) is 40.5 Å². The minimum Gasteiger partial charge on any atom is -0.478 e. The molecule has 1 unspecified atom stereocenters. The molecule has 1 aliphatic carbocycles. The molecule has 1 aromatic heterocycles. The van der Waals surface area contributed by atoms with Gasteiger partial charge < -0.3 is 20.7 Å². The number of benzene rings is 1. The minimum absolute atomic E-state index is 0.0820. The number of piperidine rings is 1. The van der Waals surface area contributed by atoms with Crippen LogP contribution in [0.4, 0.5) is 5.82 Å². The lowest BCUT2D eigenvalue weighted by Gasteiger charge is -2.41. The van der Waals surface area contributed by atoms with Crippen molar-refractivity contribution < 1.29 is 14.3 Å². The number of aromatic nitrogens is 1. The van der Waals surface area contributed by atoms with E-state index < -0.39 is 11.5 Å². The summed E-state index contributed by atoms with van der Waals surface area (Å²) in [6.45, 7) is 3.67. The van der Waals surface area contributed by atoms with Gasteiger partial charge in [0.1, 0.15) is 11.6 Å². The SMILES string of the molecule is CC(C)(Oc1ccc(Cl)cc1C1CCCC1)C(=O)NC1C[C@H]2CC[C@@H](C1)N2c1ccc(C(N)=O)cn1. The predicted octanol–water partition coefficient (Wildman–Crippen LogP) is 4.97. The number of hydrogen-bond donors (Lipinski definition) is 2. The molecule has 0 spiro atoms. The number of rotatable bonds is 7. The molecule has 2 aromatic rings. The Morgan fingerprint density at radius 2 is 1.78 bits per heavy atom. The van der Waals surface area contributed by atoms with Gasteiger partial charge in [0.2, 0.25) is 5.91 Å². The third kappa shape index (κ3) is 5.03. The van der Waals surface area contributed by atoms with Crippen LogP contribution in [0.15, 0.2) is 36.5 Å².